The molecule has 1 aliphatic rings. The normalized spacial score (nSPS) is 33.7. The van der Waals surface area contributed by atoms with E-state index in [4.69, 9.17) is 4.74 Å². The molecule has 58 valence electrons. The van der Waals surface area contributed by atoms with Crippen molar-refractivity contribution in [2.45, 2.75) is 32.0 Å². The largest absolute Gasteiger partial charge is 0.386 e. The third-order valence-corrected chi connectivity index (χ3v) is 2.04. The number of methoxy groups -OCH3 is 1. The molecule has 0 radical (unpaired) electrons. The zero-order chi connectivity index (χ0) is 7.56. The van der Waals surface area contributed by atoms with Crippen molar-refractivity contribution < 1.29 is 9.84 Å². The molecule has 1 rings (SSSR count). The van der Waals surface area contributed by atoms with E-state index in [1.54, 1.807) is 7.11 Å². The van der Waals surface area contributed by atoms with Crippen LogP contribution < -0.4 is 0 Å². The van der Waals surface area contributed by atoms with Crippen molar-refractivity contribution in [3.8, 4) is 0 Å². The molecule has 0 aromatic rings. The molecule has 1 N–H and O–H groups in total. The van der Waals surface area contributed by atoms with Crippen LogP contribution in [0.15, 0.2) is 11.6 Å². The Labute approximate surface area is 61.5 Å². The van der Waals surface area contributed by atoms with Gasteiger partial charge in [-0.3, -0.25) is 0 Å². The Morgan fingerprint density at radius 1 is 1.70 bits per heavy atom. The van der Waals surface area contributed by atoms with Crippen molar-refractivity contribution in [1.82, 2.24) is 0 Å². The summed E-state index contributed by atoms with van der Waals surface area (Å²) in [7, 11) is 1.65. The maximum atomic E-state index is 9.44. The topological polar surface area (TPSA) is 29.5 Å². The van der Waals surface area contributed by atoms with E-state index in [1.165, 1.54) is 0 Å². The summed E-state index contributed by atoms with van der Waals surface area (Å²) in [6.07, 6.45) is 3.68. The summed E-state index contributed by atoms with van der Waals surface area (Å²) in [5.74, 6) is 0. The highest BCUT2D eigenvalue weighted by Crippen LogP contribution is 2.20. The van der Waals surface area contributed by atoms with Crippen molar-refractivity contribution in [2.75, 3.05) is 7.11 Å². The van der Waals surface area contributed by atoms with Gasteiger partial charge in [-0.25, -0.2) is 0 Å². The van der Waals surface area contributed by atoms with Crippen LogP contribution in [0.5, 0.6) is 0 Å². The van der Waals surface area contributed by atoms with Crippen LogP contribution in [0.2, 0.25) is 0 Å². The lowest BCUT2D eigenvalue weighted by Gasteiger charge is -2.25. The molecule has 0 aliphatic heterocycles. The van der Waals surface area contributed by atoms with Gasteiger partial charge in [-0.05, 0) is 25.3 Å². The summed E-state index contributed by atoms with van der Waals surface area (Å²) in [4.78, 5) is 0. The molecule has 0 fully saturated rings. The second-order valence-electron chi connectivity index (χ2n) is 2.74. The van der Waals surface area contributed by atoms with Gasteiger partial charge in [-0.1, -0.05) is 6.08 Å². The zero-order valence-electron chi connectivity index (χ0n) is 6.50. The Morgan fingerprint density at radius 2 is 2.40 bits per heavy atom. The molecule has 2 nitrogen and oxygen atoms in total. The fourth-order valence-corrected chi connectivity index (χ4v) is 1.29. The van der Waals surface area contributed by atoms with E-state index in [-0.39, 0.29) is 12.2 Å². The molecule has 2 unspecified atom stereocenters. The Morgan fingerprint density at radius 3 is 2.90 bits per heavy atom. The van der Waals surface area contributed by atoms with Crippen LogP contribution in [0.25, 0.3) is 0 Å². The summed E-state index contributed by atoms with van der Waals surface area (Å²) in [6.45, 7) is 1.94. The minimum atomic E-state index is -0.376. The first kappa shape index (κ1) is 7.76. The van der Waals surface area contributed by atoms with Gasteiger partial charge in [0.2, 0.25) is 0 Å². The van der Waals surface area contributed by atoms with Gasteiger partial charge in [0.05, 0.1) is 6.10 Å². The third-order valence-electron chi connectivity index (χ3n) is 2.04. The molecule has 0 saturated carbocycles. The van der Waals surface area contributed by atoms with Gasteiger partial charge in [0.25, 0.3) is 0 Å². The van der Waals surface area contributed by atoms with Gasteiger partial charge in [-0.2, -0.15) is 0 Å². The molecule has 0 saturated heterocycles. The van der Waals surface area contributed by atoms with E-state index in [1.807, 2.05) is 6.92 Å². The smallest absolute Gasteiger partial charge is 0.101 e. The number of aliphatic hydroxyl groups excluding tert-OH is 1. The summed E-state index contributed by atoms with van der Waals surface area (Å²) >= 11 is 0. The summed E-state index contributed by atoms with van der Waals surface area (Å²) < 4.78 is 5.08. The number of aliphatic hydroxyl groups is 1. The van der Waals surface area contributed by atoms with E-state index in [2.05, 4.69) is 6.08 Å². The fourth-order valence-electron chi connectivity index (χ4n) is 1.29. The number of hydrogen-bond acceptors (Lipinski definition) is 2. The molecule has 0 spiro atoms. The molecule has 0 aromatic carbocycles. The third kappa shape index (κ3) is 1.39. The Balaban J connectivity index is 2.59. The van der Waals surface area contributed by atoms with E-state index in [9.17, 15) is 5.11 Å². The highest BCUT2D eigenvalue weighted by molar-refractivity contribution is 5.10. The van der Waals surface area contributed by atoms with E-state index in [0.29, 0.717) is 0 Å². The van der Waals surface area contributed by atoms with Crippen LogP contribution in [0.1, 0.15) is 19.8 Å². The van der Waals surface area contributed by atoms with E-state index < -0.39 is 0 Å². The first-order valence-electron chi connectivity index (χ1n) is 3.63. The lowest BCUT2D eigenvalue weighted by Crippen LogP contribution is -2.31. The second kappa shape index (κ2) is 3.17. The molecule has 0 bridgehead atoms. The summed E-state index contributed by atoms with van der Waals surface area (Å²) in [5, 5.41) is 9.44. The molecule has 1 aliphatic carbocycles. The van der Waals surface area contributed by atoms with Crippen molar-refractivity contribution in [2.24, 2.45) is 0 Å². The standard InChI is InChI=1S/C8H14O2/c1-6-4-3-5-7(10-2)8(6)9/h4,7-9H,3,5H2,1-2H3. The maximum Gasteiger partial charge on any atom is 0.101 e. The average molecular weight is 142 g/mol. The molecule has 10 heavy (non-hydrogen) atoms. The molecule has 0 aromatic heterocycles. The van der Waals surface area contributed by atoms with Crippen LogP contribution in [0.3, 0.4) is 0 Å². The van der Waals surface area contributed by atoms with Crippen LogP contribution in [-0.4, -0.2) is 24.4 Å². The van der Waals surface area contributed by atoms with Crippen molar-refractivity contribution in [1.29, 1.82) is 0 Å². The predicted molar refractivity (Wildman–Crippen MR) is 39.8 cm³/mol. The van der Waals surface area contributed by atoms with Gasteiger partial charge in [0.1, 0.15) is 6.10 Å². The SMILES string of the molecule is COC1CCC=C(C)C1O. The van der Waals surface area contributed by atoms with E-state index >= 15 is 0 Å². The van der Waals surface area contributed by atoms with Crippen LogP contribution in [0.4, 0.5) is 0 Å². The molecular formula is C8H14O2. The summed E-state index contributed by atoms with van der Waals surface area (Å²) in [5.41, 5.74) is 1.04. The van der Waals surface area contributed by atoms with Crippen LogP contribution >= 0.6 is 0 Å². The molecule has 2 heteroatoms. The number of ether oxygens (including phenoxy) is 1. The van der Waals surface area contributed by atoms with Gasteiger partial charge in [0, 0.05) is 7.11 Å². The van der Waals surface area contributed by atoms with Gasteiger partial charge in [-0.15, -0.1) is 0 Å². The average Bonchev–Trinajstić information content (AvgIpc) is 1.95. The Bertz CT molecular complexity index is 140. The predicted octanol–water partition coefficient (Wildman–Crippen LogP) is 1.10. The quantitative estimate of drug-likeness (QED) is 0.555. The van der Waals surface area contributed by atoms with Gasteiger partial charge in [0.15, 0.2) is 0 Å². The summed E-state index contributed by atoms with van der Waals surface area (Å²) in [6, 6.07) is 0. The minimum Gasteiger partial charge on any atom is -0.386 e. The number of hydrogen-bond donors (Lipinski definition) is 1. The van der Waals surface area contributed by atoms with Gasteiger partial charge < -0.3 is 9.84 Å². The Hall–Kier alpha value is -0.340. The molecule has 0 heterocycles. The Kier molecular flexibility index (Phi) is 2.46. The zero-order valence-corrected chi connectivity index (χ0v) is 6.50. The minimum absolute atomic E-state index is 0.0185. The first-order valence-corrected chi connectivity index (χ1v) is 3.63. The highest BCUT2D eigenvalue weighted by atomic mass is 16.5. The lowest BCUT2D eigenvalue weighted by atomic mass is 9.95. The molecule has 2 atom stereocenters. The van der Waals surface area contributed by atoms with Crippen molar-refractivity contribution in [3.63, 3.8) is 0 Å². The number of rotatable bonds is 1. The van der Waals surface area contributed by atoms with Crippen molar-refractivity contribution >= 4 is 0 Å². The molecular weight excluding hydrogens is 128 g/mol. The maximum absolute atomic E-state index is 9.44. The monoisotopic (exact) mass is 142 g/mol. The molecule has 0 amide bonds. The van der Waals surface area contributed by atoms with E-state index in [0.717, 1.165) is 18.4 Å². The lowest BCUT2D eigenvalue weighted by molar-refractivity contribution is -0.00235. The van der Waals surface area contributed by atoms with Crippen LogP contribution in [-0.2, 0) is 4.74 Å². The fraction of sp³-hybridized carbons (Fsp3) is 0.750. The van der Waals surface area contributed by atoms with Crippen molar-refractivity contribution in [3.05, 3.63) is 11.6 Å². The van der Waals surface area contributed by atoms with Crippen LogP contribution in [0, 0.1) is 0 Å². The second-order valence-corrected chi connectivity index (χ2v) is 2.74. The highest BCUT2D eigenvalue weighted by Gasteiger charge is 2.22. The first-order chi connectivity index (χ1) is 4.75. The number of allylic oxidation sites excluding steroid dienone is 1. The van der Waals surface area contributed by atoms with Gasteiger partial charge >= 0.3 is 0 Å².